The van der Waals surface area contributed by atoms with Crippen molar-refractivity contribution in [1.82, 2.24) is 9.78 Å². The van der Waals surface area contributed by atoms with E-state index in [1.54, 1.807) is 7.11 Å². The Labute approximate surface area is 136 Å². The number of nitrogens with two attached hydrogens (primary N) is 1. The van der Waals surface area contributed by atoms with Crippen molar-refractivity contribution in [3.8, 4) is 16.9 Å². The van der Waals surface area contributed by atoms with Gasteiger partial charge in [-0.1, -0.05) is 36.4 Å². The van der Waals surface area contributed by atoms with Crippen LogP contribution in [0.2, 0.25) is 0 Å². The fraction of sp³-hybridized carbons (Fsp3) is 0.211. The summed E-state index contributed by atoms with van der Waals surface area (Å²) in [6, 6.07) is 16.3. The second-order valence-electron chi connectivity index (χ2n) is 5.66. The molecule has 0 aliphatic heterocycles. The number of hydrogen-bond acceptors (Lipinski definition) is 3. The molecule has 0 bridgehead atoms. The van der Waals surface area contributed by atoms with Crippen molar-refractivity contribution in [1.29, 1.82) is 0 Å². The molecule has 23 heavy (non-hydrogen) atoms. The van der Waals surface area contributed by atoms with Gasteiger partial charge in [-0.25, -0.2) is 0 Å². The molecule has 4 nitrogen and oxygen atoms in total. The van der Waals surface area contributed by atoms with Crippen molar-refractivity contribution in [3.05, 3.63) is 72.1 Å². The van der Waals surface area contributed by atoms with Crippen LogP contribution in [0, 0.1) is 0 Å². The van der Waals surface area contributed by atoms with Crippen LogP contribution in [0.5, 0.6) is 5.75 Å². The SMILES string of the molecule is COc1ccc(C(C)N)cc1-c1cnn(Cc2ccccc2)c1. The highest BCUT2D eigenvalue weighted by Gasteiger charge is 2.11. The van der Waals surface area contributed by atoms with Crippen LogP contribution < -0.4 is 10.5 Å². The molecule has 2 aromatic carbocycles. The Morgan fingerprint density at radius 2 is 1.96 bits per heavy atom. The molecular formula is C19H21N3O. The van der Waals surface area contributed by atoms with E-state index in [2.05, 4.69) is 23.3 Å². The maximum absolute atomic E-state index is 6.00. The van der Waals surface area contributed by atoms with Gasteiger partial charge in [-0.05, 0) is 30.2 Å². The van der Waals surface area contributed by atoms with Gasteiger partial charge in [-0.15, -0.1) is 0 Å². The van der Waals surface area contributed by atoms with Crippen LogP contribution in [-0.4, -0.2) is 16.9 Å². The van der Waals surface area contributed by atoms with Gasteiger partial charge in [0.2, 0.25) is 0 Å². The average molecular weight is 307 g/mol. The third-order valence-electron chi connectivity index (χ3n) is 3.88. The first-order valence-electron chi connectivity index (χ1n) is 7.67. The van der Waals surface area contributed by atoms with E-state index in [0.29, 0.717) is 0 Å². The van der Waals surface area contributed by atoms with Gasteiger partial charge in [-0.3, -0.25) is 4.68 Å². The Hall–Kier alpha value is -2.59. The van der Waals surface area contributed by atoms with Crippen LogP contribution in [0.4, 0.5) is 0 Å². The van der Waals surface area contributed by atoms with Gasteiger partial charge in [0.05, 0.1) is 19.9 Å². The predicted molar refractivity (Wildman–Crippen MR) is 92.4 cm³/mol. The van der Waals surface area contributed by atoms with Crippen molar-refractivity contribution in [2.45, 2.75) is 19.5 Å². The highest BCUT2D eigenvalue weighted by molar-refractivity contribution is 5.70. The van der Waals surface area contributed by atoms with Crippen molar-refractivity contribution in [2.75, 3.05) is 7.11 Å². The summed E-state index contributed by atoms with van der Waals surface area (Å²) in [7, 11) is 1.68. The van der Waals surface area contributed by atoms with E-state index in [-0.39, 0.29) is 6.04 Å². The summed E-state index contributed by atoms with van der Waals surface area (Å²) in [5.41, 5.74) is 10.3. The Kier molecular flexibility index (Phi) is 4.44. The molecule has 4 heteroatoms. The molecule has 2 N–H and O–H groups in total. The minimum absolute atomic E-state index is 0.0148. The minimum Gasteiger partial charge on any atom is -0.496 e. The quantitative estimate of drug-likeness (QED) is 0.783. The number of nitrogens with zero attached hydrogens (tertiary/aromatic N) is 2. The molecule has 0 aliphatic rings. The van der Waals surface area contributed by atoms with Crippen LogP contribution in [-0.2, 0) is 6.54 Å². The lowest BCUT2D eigenvalue weighted by atomic mass is 10.0. The maximum atomic E-state index is 6.00. The van der Waals surface area contributed by atoms with Gasteiger partial charge in [0.1, 0.15) is 5.75 Å². The maximum Gasteiger partial charge on any atom is 0.126 e. The molecule has 0 aliphatic carbocycles. The standard InChI is InChI=1S/C19H21N3O/c1-14(20)16-8-9-19(23-2)18(10-16)17-11-21-22(13-17)12-15-6-4-3-5-7-15/h3-11,13-14H,12,20H2,1-2H3. The fourth-order valence-electron chi connectivity index (χ4n) is 2.59. The Morgan fingerprint density at radius 3 is 2.65 bits per heavy atom. The first-order chi connectivity index (χ1) is 11.2. The van der Waals surface area contributed by atoms with Crippen molar-refractivity contribution < 1.29 is 4.74 Å². The lowest BCUT2D eigenvalue weighted by Crippen LogP contribution is -2.05. The van der Waals surface area contributed by atoms with Gasteiger partial charge in [0.15, 0.2) is 0 Å². The molecule has 0 saturated carbocycles. The molecule has 0 spiro atoms. The highest BCUT2D eigenvalue weighted by Crippen LogP contribution is 2.32. The molecule has 1 unspecified atom stereocenters. The van der Waals surface area contributed by atoms with E-state index in [1.165, 1.54) is 5.56 Å². The average Bonchev–Trinajstić information content (AvgIpc) is 3.03. The lowest BCUT2D eigenvalue weighted by Gasteiger charge is -2.11. The van der Waals surface area contributed by atoms with Crippen LogP contribution in [0.3, 0.4) is 0 Å². The van der Waals surface area contributed by atoms with Crippen molar-refractivity contribution in [2.24, 2.45) is 5.73 Å². The predicted octanol–water partition coefficient (Wildman–Crippen LogP) is 3.63. The molecule has 3 rings (SSSR count). The highest BCUT2D eigenvalue weighted by atomic mass is 16.5. The Bertz CT molecular complexity index is 778. The van der Waals surface area contributed by atoms with Gasteiger partial charge in [0.25, 0.3) is 0 Å². The van der Waals surface area contributed by atoms with E-state index >= 15 is 0 Å². The topological polar surface area (TPSA) is 53.1 Å². The molecule has 0 amide bonds. The lowest BCUT2D eigenvalue weighted by molar-refractivity contribution is 0.416. The van der Waals surface area contributed by atoms with E-state index in [1.807, 2.05) is 54.3 Å². The van der Waals surface area contributed by atoms with Crippen LogP contribution in [0.15, 0.2) is 60.9 Å². The number of aromatic nitrogens is 2. The molecule has 118 valence electrons. The summed E-state index contributed by atoms with van der Waals surface area (Å²) in [6.45, 7) is 2.72. The van der Waals surface area contributed by atoms with Crippen LogP contribution in [0.25, 0.3) is 11.1 Å². The fourth-order valence-corrected chi connectivity index (χ4v) is 2.59. The van der Waals surface area contributed by atoms with Crippen molar-refractivity contribution in [3.63, 3.8) is 0 Å². The minimum atomic E-state index is -0.0148. The van der Waals surface area contributed by atoms with Crippen LogP contribution in [0.1, 0.15) is 24.1 Å². The Balaban J connectivity index is 1.92. The molecule has 1 atom stereocenters. The Morgan fingerprint density at radius 1 is 1.17 bits per heavy atom. The molecule has 0 radical (unpaired) electrons. The van der Waals surface area contributed by atoms with E-state index in [0.717, 1.165) is 29.0 Å². The van der Waals surface area contributed by atoms with Crippen LogP contribution >= 0.6 is 0 Å². The first-order valence-corrected chi connectivity index (χ1v) is 7.67. The molecule has 0 fully saturated rings. The zero-order valence-electron chi connectivity index (χ0n) is 13.4. The first kappa shape index (κ1) is 15.3. The summed E-state index contributed by atoms with van der Waals surface area (Å²) in [6.07, 6.45) is 3.90. The second kappa shape index (κ2) is 6.67. The number of ether oxygens (including phenoxy) is 1. The summed E-state index contributed by atoms with van der Waals surface area (Å²) >= 11 is 0. The van der Waals surface area contributed by atoms with Gasteiger partial charge < -0.3 is 10.5 Å². The number of rotatable bonds is 5. The number of hydrogen-bond donors (Lipinski definition) is 1. The molecule has 3 aromatic rings. The van der Waals surface area contributed by atoms with E-state index in [9.17, 15) is 0 Å². The van der Waals surface area contributed by atoms with Gasteiger partial charge >= 0.3 is 0 Å². The normalized spacial score (nSPS) is 12.1. The zero-order chi connectivity index (χ0) is 16.2. The van der Waals surface area contributed by atoms with E-state index in [4.69, 9.17) is 10.5 Å². The zero-order valence-corrected chi connectivity index (χ0v) is 13.4. The van der Waals surface area contributed by atoms with Crippen molar-refractivity contribution >= 4 is 0 Å². The third-order valence-corrected chi connectivity index (χ3v) is 3.88. The monoisotopic (exact) mass is 307 g/mol. The van der Waals surface area contributed by atoms with Gasteiger partial charge in [0, 0.05) is 23.4 Å². The molecular weight excluding hydrogens is 286 g/mol. The number of benzene rings is 2. The molecule has 1 heterocycles. The largest absolute Gasteiger partial charge is 0.496 e. The second-order valence-corrected chi connectivity index (χ2v) is 5.66. The van der Waals surface area contributed by atoms with Gasteiger partial charge in [-0.2, -0.15) is 5.10 Å². The summed E-state index contributed by atoms with van der Waals surface area (Å²) in [4.78, 5) is 0. The summed E-state index contributed by atoms with van der Waals surface area (Å²) in [5.74, 6) is 0.827. The van der Waals surface area contributed by atoms with E-state index < -0.39 is 0 Å². The third kappa shape index (κ3) is 3.43. The molecule has 0 saturated heterocycles. The summed E-state index contributed by atoms with van der Waals surface area (Å²) in [5, 5.41) is 4.47. The summed E-state index contributed by atoms with van der Waals surface area (Å²) < 4.78 is 7.42. The molecule has 1 aromatic heterocycles. The number of methoxy groups -OCH3 is 1. The smallest absolute Gasteiger partial charge is 0.126 e.